The molecule has 1 N–H and O–H groups in total. The number of rotatable bonds is 5. The summed E-state index contributed by atoms with van der Waals surface area (Å²) in [5.41, 5.74) is 0.266. The standard InChI is InChI=1S/C28H36F2N2O2/c1-18(2)13-31-16-24(23-11-10-22(29)12-26(23)30)25(17-31)27(33)32-14-19(3)28(34,20(4)15-32)21-8-6-5-7-9-21/h5-12,18-20,24-25,34H,13-17H2,1-4H3/t19-,20+,24-,25+,28?/m1/s1. The second-order valence-corrected chi connectivity index (χ2v) is 10.7. The Morgan fingerprint density at radius 3 is 2.26 bits per heavy atom. The van der Waals surface area contributed by atoms with Gasteiger partial charge in [0.2, 0.25) is 5.91 Å². The fourth-order valence-electron chi connectivity index (χ4n) is 6.11. The van der Waals surface area contributed by atoms with Crippen LogP contribution < -0.4 is 0 Å². The summed E-state index contributed by atoms with van der Waals surface area (Å²) in [5, 5.41) is 11.6. The molecule has 2 aliphatic heterocycles. The Morgan fingerprint density at radius 1 is 1.03 bits per heavy atom. The average Bonchev–Trinajstić information content (AvgIpc) is 3.19. The molecule has 5 atom stereocenters. The van der Waals surface area contributed by atoms with Gasteiger partial charge in [-0.25, -0.2) is 8.78 Å². The number of carbonyl (C=O) groups excluding carboxylic acids is 1. The maximum absolute atomic E-state index is 14.8. The molecule has 0 aromatic heterocycles. The van der Waals surface area contributed by atoms with Crippen molar-refractivity contribution in [2.75, 3.05) is 32.7 Å². The first-order valence-electron chi connectivity index (χ1n) is 12.3. The van der Waals surface area contributed by atoms with E-state index in [9.17, 15) is 18.7 Å². The second kappa shape index (κ2) is 9.74. The van der Waals surface area contributed by atoms with Gasteiger partial charge in [-0.3, -0.25) is 4.79 Å². The second-order valence-electron chi connectivity index (χ2n) is 10.7. The minimum Gasteiger partial charge on any atom is -0.384 e. The molecule has 2 aliphatic rings. The maximum Gasteiger partial charge on any atom is 0.227 e. The number of piperidine rings is 1. The van der Waals surface area contributed by atoms with Crippen LogP contribution in [-0.4, -0.2) is 53.5 Å². The number of nitrogens with zero attached hydrogens (tertiary/aromatic N) is 2. The molecule has 2 aromatic carbocycles. The van der Waals surface area contributed by atoms with Crippen molar-refractivity contribution in [3.05, 3.63) is 71.3 Å². The first kappa shape index (κ1) is 24.8. The van der Waals surface area contributed by atoms with Gasteiger partial charge in [0.25, 0.3) is 0 Å². The van der Waals surface area contributed by atoms with Crippen LogP contribution in [0.5, 0.6) is 0 Å². The predicted molar refractivity (Wildman–Crippen MR) is 129 cm³/mol. The topological polar surface area (TPSA) is 43.8 Å². The highest BCUT2D eigenvalue weighted by Gasteiger charge is 2.49. The number of hydrogen-bond donors (Lipinski definition) is 1. The van der Waals surface area contributed by atoms with Crippen LogP contribution >= 0.6 is 0 Å². The van der Waals surface area contributed by atoms with E-state index in [2.05, 4.69) is 18.7 Å². The molecule has 0 saturated carbocycles. The highest BCUT2D eigenvalue weighted by atomic mass is 19.1. The zero-order chi connectivity index (χ0) is 24.6. The van der Waals surface area contributed by atoms with Gasteiger partial charge in [-0.2, -0.15) is 0 Å². The maximum atomic E-state index is 14.8. The van der Waals surface area contributed by atoms with Crippen LogP contribution in [0.25, 0.3) is 0 Å². The largest absolute Gasteiger partial charge is 0.384 e. The molecule has 2 aromatic rings. The summed E-state index contributed by atoms with van der Waals surface area (Å²) in [5.74, 6) is -1.83. The highest BCUT2D eigenvalue weighted by molar-refractivity contribution is 5.81. The SMILES string of the molecule is CC(C)CN1C[C@H](C(=O)N2C[C@@H](C)C(O)(c3ccccc3)[C@@H](C)C2)[C@@H](c2ccc(F)cc2F)C1. The smallest absolute Gasteiger partial charge is 0.227 e. The van der Waals surface area contributed by atoms with Gasteiger partial charge in [0.05, 0.1) is 11.5 Å². The van der Waals surface area contributed by atoms with E-state index in [0.29, 0.717) is 37.7 Å². The summed E-state index contributed by atoms with van der Waals surface area (Å²) >= 11 is 0. The molecule has 6 heteroatoms. The lowest BCUT2D eigenvalue weighted by atomic mass is 9.70. The quantitative estimate of drug-likeness (QED) is 0.693. The molecule has 1 unspecified atom stereocenters. The fraction of sp³-hybridized carbons (Fsp3) is 0.536. The molecule has 2 heterocycles. The van der Waals surface area contributed by atoms with Gasteiger partial charge >= 0.3 is 0 Å². The summed E-state index contributed by atoms with van der Waals surface area (Å²) in [4.78, 5) is 17.9. The van der Waals surface area contributed by atoms with Crippen LogP contribution in [0.15, 0.2) is 48.5 Å². The molecule has 1 amide bonds. The monoisotopic (exact) mass is 470 g/mol. The van der Waals surface area contributed by atoms with Crippen molar-refractivity contribution in [1.82, 2.24) is 9.80 Å². The zero-order valence-electron chi connectivity index (χ0n) is 20.5. The number of halogens is 2. The lowest BCUT2D eigenvalue weighted by Gasteiger charge is -2.48. The van der Waals surface area contributed by atoms with E-state index in [0.717, 1.165) is 18.2 Å². The van der Waals surface area contributed by atoms with Crippen LogP contribution in [0.3, 0.4) is 0 Å². The number of aliphatic hydroxyl groups is 1. The Hall–Kier alpha value is -2.31. The van der Waals surface area contributed by atoms with E-state index in [1.165, 1.54) is 12.1 Å². The van der Waals surface area contributed by atoms with Gasteiger partial charge < -0.3 is 14.9 Å². The van der Waals surface area contributed by atoms with Crippen molar-refractivity contribution in [3.63, 3.8) is 0 Å². The van der Waals surface area contributed by atoms with Crippen LogP contribution in [0.2, 0.25) is 0 Å². The molecular weight excluding hydrogens is 434 g/mol. The first-order valence-corrected chi connectivity index (χ1v) is 12.3. The number of benzene rings is 2. The van der Waals surface area contributed by atoms with E-state index in [1.54, 1.807) is 0 Å². The minimum atomic E-state index is -1.01. The Bertz CT molecular complexity index is 1000. The van der Waals surface area contributed by atoms with Gasteiger partial charge in [-0.15, -0.1) is 0 Å². The number of hydrogen-bond acceptors (Lipinski definition) is 3. The Morgan fingerprint density at radius 2 is 1.68 bits per heavy atom. The molecule has 2 fully saturated rings. The summed E-state index contributed by atoms with van der Waals surface area (Å²) < 4.78 is 28.3. The van der Waals surface area contributed by atoms with Gasteiger partial charge in [-0.1, -0.05) is 64.1 Å². The molecule has 0 spiro atoms. The predicted octanol–water partition coefficient (Wildman–Crippen LogP) is 4.64. The zero-order valence-corrected chi connectivity index (χ0v) is 20.5. The Kier molecular flexibility index (Phi) is 7.11. The van der Waals surface area contributed by atoms with E-state index >= 15 is 0 Å². The number of amides is 1. The van der Waals surface area contributed by atoms with E-state index < -0.39 is 23.2 Å². The van der Waals surface area contributed by atoms with Crippen molar-refractivity contribution in [2.45, 2.75) is 39.2 Å². The van der Waals surface area contributed by atoms with Crippen molar-refractivity contribution >= 4 is 5.91 Å². The lowest BCUT2D eigenvalue weighted by molar-refractivity contribution is -0.152. The first-order chi connectivity index (χ1) is 16.1. The lowest BCUT2D eigenvalue weighted by Crippen LogP contribution is -2.57. The average molecular weight is 471 g/mol. The van der Waals surface area contributed by atoms with Gasteiger partial charge in [0.1, 0.15) is 11.6 Å². The summed E-state index contributed by atoms with van der Waals surface area (Å²) in [6.45, 7) is 11.1. The summed E-state index contributed by atoms with van der Waals surface area (Å²) in [7, 11) is 0. The normalized spacial score (nSPS) is 30.2. The minimum absolute atomic E-state index is 0.00575. The molecule has 0 radical (unpaired) electrons. The third kappa shape index (κ3) is 4.63. The molecular formula is C28H36F2N2O2. The van der Waals surface area contributed by atoms with Crippen molar-refractivity contribution in [1.29, 1.82) is 0 Å². The summed E-state index contributed by atoms with van der Waals surface area (Å²) in [6.07, 6.45) is 0. The third-order valence-corrected chi connectivity index (χ3v) is 7.74. The van der Waals surface area contributed by atoms with Crippen LogP contribution in [-0.2, 0) is 10.4 Å². The molecule has 4 rings (SSSR count). The van der Waals surface area contributed by atoms with E-state index in [1.807, 2.05) is 49.1 Å². The van der Waals surface area contributed by atoms with Gasteiger partial charge in [0.15, 0.2) is 0 Å². The molecule has 34 heavy (non-hydrogen) atoms. The van der Waals surface area contributed by atoms with Crippen LogP contribution in [0, 0.1) is 35.3 Å². The number of likely N-dealkylation sites (tertiary alicyclic amines) is 2. The Labute approximate surface area is 201 Å². The van der Waals surface area contributed by atoms with Gasteiger partial charge in [-0.05, 0) is 23.1 Å². The van der Waals surface area contributed by atoms with Crippen LogP contribution in [0.4, 0.5) is 8.78 Å². The van der Waals surface area contributed by atoms with Crippen molar-refractivity contribution in [2.24, 2.45) is 23.7 Å². The highest BCUT2D eigenvalue weighted by Crippen LogP contribution is 2.43. The molecule has 4 nitrogen and oxygen atoms in total. The van der Waals surface area contributed by atoms with Crippen molar-refractivity contribution < 1.29 is 18.7 Å². The van der Waals surface area contributed by atoms with Crippen molar-refractivity contribution in [3.8, 4) is 0 Å². The Balaban J connectivity index is 1.58. The molecule has 0 bridgehead atoms. The van der Waals surface area contributed by atoms with E-state index in [4.69, 9.17) is 0 Å². The molecule has 184 valence electrons. The fourth-order valence-corrected chi connectivity index (χ4v) is 6.11. The molecule has 2 saturated heterocycles. The van der Waals surface area contributed by atoms with Gasteiger partial charge in [0, 0.05) is 56.5 Å². The molecule has 0 aliphatic carbocycles. The number of carbonyl (C=O) groups is 1. The third-order valence-electron chi connectivity index (χ3n) is 7.74. The van der Waals surface area contributed by atoms with Crippen LogP contribution in [0.1, 0.15) is 44.7 Å². The summed E-state index contributed by atoms with van der Waals surface area (Å²) in [6, 6.07) is 13.3. The van der Waals surface area contributed by atoms with E-state index in [-0.39, 0.29) is 23.7 Å².